The molecule has 2 saturated heterocycles. The van der Waals surface area contributed by atoms with Crippen LogP contribution in [0.4, 0.5) is 0 Å². The lowest BCUT2D eigenvalue weighted by atomic mass is 10.0. The van der Waals surface area contributed by atoms with E-state index >= 15 is 0 Å². The first-order chi connectivity index (χ1) is 16.2. The maximum Gasteiger partial charge on any atom is 0.254 e. The molecule has 4 heterocycles. The van der Waals surface area contributed by atoms with Crippen LogP contribution in [0.15, 0.2) is 54.7 Å². The van der Waals surface area contributed by atoms with Crippen molar-refractivity contribution in [3.63, 3.8) is 0 Å². The van der Waals surface area contributed by atoms with E-state index in [1.165, 1.54) is 6.42 Å². The Labute approximate surface area is 194 Å². The van der Waals surface area contributed by atoms with E-state index in [1.807, 2.05) is 58.3 Å². The molecule has 0 unspecified atom stereocenters. The van der Waals surface area contributed by atoms with Crippen LogP contribution in [0.5, 0.6) is 0 Å². The Morgan fingerprint density at radius 3 is 2.30 bits per heavy atom. The van der Waals surface area contributed by atoms with Gasteiger partial charge in [-0.25, -0.2) is 4.98 Å². The number of aromatic nitrogens is 2. The van der Waals surface area contributed by atoms with E-state index in [1.54, 1.807) is 6.20 Å². The monoisotopic (exact) mass is 443 g/mol. The number of likely N-dealkylation sites (tertiary alicyclic amines) is 1. The van der Waals surface area contributed by atoms with Crippen LogP contribution in [0, 0.1) is 0 Å². The second-order valence-electron chi connectivity index (χ2n) is 8.80. The molecule has 1 aromatic carbocycles. The Morgan fingerprint density at radius 1 is 0.788 bits per heavy atom. The fourth-order valence-electron chi connectivity index (χ4n) is 4.71. The largest absolute Gasteiger partial charge is 0.342 e. The summed E-state index contributed by atoms with van der Waals surface area (Å²) in [5, 5.41) is 0.852. The summed E-state index contributed by atoms with van der Waals surface area (Å²) >= 11 is 0. The Morgan fingerprint density at radius 2 is 1.55 bits per heavy atom. The fraction of sp³-hybridized carbons (Fsp3) is 0.385. The number of piperazine rings is 1. The van der Waals surface area contributed by atoms with Crippen LogP contribution in [0.2, 0.25) is 0 Å². The van der Waals surface area contributed by atoms with Gasteiger partial charge in [0.15, 0.2) is 0 Å². The highest BCUT2D eigenvalue weighted by atomic mass is 16.2. The van der Waals surface area contributed by atoms with Gasteiger partial charge in [0.05, 0.1) is 29.0 Å². The minimum absolute atomic E-state index is 0.00721. The number of hydrogen-bond acceptors (Lipinski definition) is 5. The normalized spacial score (nSPS) is 17.3. The second kappa shape index (κ2) is 9.67. The van der Waals surface area contributed by atoms with E-state index in [9.17, 15) is 9.59 Å². The van der Waals surface area contributed by atoms with Gasteiger partial charge >= 0.3 is 0 Å². The molecule has 33 heavy (non-hydrogen) atoms. The van der Waals surface area contributed by atoms with E-state index in [0.717, 1.165) is 42.5 Å². The molecular formula is C26H29N5O2. The van der Waals surface area contributed by atoms with E-state index in [0.29, 0.717) is 44.0 Å². The van der Waals surface area contributed by atoms with Gasteiger partial charge in [-0.15, -0.1) is 0 Å². The molecule has 0 saturated carbocycles. The number of benzene rings is 1. The first kappa shape index (κ1) is 21.5. The second-order valence-corrected chi connectivity index (χ2v) is 8.80. The maximum atomic E-state index is 13.6. The number of fused-ring (bicyclic) bond motifs is 1. The number of para-hydroxylation sites is 1. The summed E-state index contributed by atoms with van der Waals surface area (Å²) < 4.78 is 0. The quantitative estimate of drug-likeness (QED) is 0.620. The number of nitrogens with zero attached hydrogens (tertiary/aromatic N) is 5. The lowest BCUT2D eigenvalue weighted by Gasteiger charge is -2.36. The van der Waals surface area contributed by atoms with Gasteiger partial charge in [0.2, 0.25) is 5.91 Å². The number of pyridine rings is 2. The summed E-state index contributed by atoms with van der Waals surface area (Å²) in [6, 6.07) is 15.3. The summed E-state index contributed by atoms with van der Waals surface area (Å²) in [6.45, 7) is 4.85. The van der Waals surface area contributed by atoms with Crippen LogP contribution in [0.25, 0.3) is 22.3 Å². The van der Waals surface area contributed by atoms with Crippen LogP contribution in [0.1, 0.15) is 29.6 Å². The summed E-state index contributed by atoms with van der Waals surface area (Å²) in [5.74, 6) is 0.224. The number of amides is 2. The standard InChI is InChI=1S/C26H29N5O2/c32-25(30-12-6-1-7-13-30)19-29-14-16-31(17-15-29)26(33)21-18-24(23-10-4-5-11-27-23)28-22-9-3-2-8-20(21)22/h2-5,8-11,18H,1,6-7,12-17,19H2. The van der Waals surface area contributed by atoms with Crippen LogP contribution >= 0.6 is 0 Å². The third-order valence-electron chi connectivity index (χ3n) is 6.60. The molecule has 2 aliphatic heterocycles. The molecule has 0 spiro atoms. The SMILES string of the molecule is O=C(CN1CCN(C(=O)c2cc(-c3ccccn3)nc3ccccc23)CC1)N1CCCCC1. The first-order valence-electron chi connectivity index (χ1n) is 11.8. The molecule has 0 radical (unpaired) electrons. The van der Waals surface area contributed by atoms with Gasteiger partial charge in [-0.2, -0.15) is 0 Å². The Bertz CT molecular complexity index is 1140. The molecule has 0 aliphatic carbocycles. The van der Waals surface area contributed by atoms with Crippen molar-refractivity contribution in [2.75, 3.05) is 45.8 Å². The Kier molecular flexibility index (Phi) is 6.30. The highest BCUT2D eigenvalue weighted by Gasteiger charge is 2.26. The zero-order valence-electron chi connectivity index (χ0n) is 18.8. The van der Waals surface area contributed by atoms with E-state index < -0.39 is 0 Å². The van der Waals surface area contributed by atoms with Gasteiger partial charge in [0.1, 0.15) is 0 Å². The number of carbonyl (C=O) groups excluding carboxylic acids is 2. The average molecular weight is 444 g/mol. The lowest BCUT2D eigenvalue weighted by Crippen LogP contribution is -2.52. The zero-order chi connectivity index (χ0) is 22.6. The highest BCUT2D eigenvalue weighted by molar-refractivity contribution is 6.07. The van der Waals surface area contributed by atoms with Crippen molar-refractivity contribution in [1.29, 1.82) is 0 Å². The topological polar surface area (TPSA) is 69.6 Å². The fourth-order valence-corrected chi connectivity index (χ4v) is 4.71. The molecule has 0 atom stereocenters. The predicted octanol–water partition coefficient (Wildman–Crippen LogP) is 3.07. The zero-order valence-corrected chi connectivity index (χ0v) is 18.8. The van der Waals surface area contributed by atoms with Gasteiger partial charge in [-0.1, -0.05) is 24.3 Å². The number of rotatable bonds is 4. The van der Waals surface area contributed by atoms with E-state index in [-0.39, 0.29) is 11.8 Å². The van der Waals surface area contributed by atoms with Crippen molar-refractivity contribution in [2.24, 2.45) is 0 Å². The van der Waals surface area contributed by atoms with Crippen LogP contribution in [-0.2, 0) is 4.79 Å². The molecule has 170 valence electrons. The molecule has 2 fully saturated rings. The van der Waals surface area contributed by atoms with Gasteiger partial charge in [-0.3, -0.25) is 19.5 Å². The molecular weight excluding hydrogens is 414 g/mol. The van der Waals surface area contributed by atoms with Crippen LogP contribution in [0.3, 0.4) is 0 Å². The van der Waals surface area contributed by atoms with Crippen LogP contribution < -0.4 is 0 Å². The minimum atomic E-state index is 0.00721. The Hall–Kier alpha value is -3.32. The first-order valence-corrected chi connectivity index (χ1v) is 11.8. The highest BCUT2D eigenvalue weighted by Crippen LogP contribution is 2.25. The molecule has 2 aliphatic rings. The number of piperidine rings is 1. The average Bonchev–Trinajstić information content (AvgIpc) is 2.89. The third-order valence-corrected chi connectivity index (χ3v) is 6.60. The van der Waals surface area contributed by atoms with Crippen molar-refractivity contribution in [2.45, 2.75) is 19.3 Å². The molecule has 3 aromatic rings. The predicted molar refractivity (Wildman–Crippen MR) is 128 cm³/mol. The van der Waals surface area contributed by atoms with Gasteiger partial charge in [0, 0.05) is 50.9 Å². The van der Waals surface area contributed by atoms with Crippen molar-refractivity contribution >= 4 is 22.7 Å². The van der Waals surface area contributed by atoms with Gasteiger partial charge in [-0.05, 0) is 43.5 Å². The summed E-state index contributed by atoms with van der Waals surface area (Å²) in [4.78, 5) is 41.4. The number of carbonyl (C=O) groups is 2. The molecule has 2 amide bonds. The van der Waals surface area contributed by atoms with Crippen LogP contribution in [-0.4, -0.2) is 82.3 Å². The molecule has 7 nitrogen and oxygen atoms in total. The van der Waals surface area contributed by atoms with Crippen molar-refractivity contribution < 1.29 is 9.59 Å². The van der Waals surface area contributed by atoms with Crippen molar-refractivity contribution in [3.8, 4) is 11.4 Å². The molecule has 0 bridgehead atoms. The Balaban J connectivity index is 1.31. The molecule has 5 rings (SSSR count). The van der Waals surface area contributed by atoms with E-state index in [2.05, 4.69) is 9.88 Å². The maximum absolute atomic E-state index is 13.6. The molecule has 7 heteroatoms. The summed E-state index contributed by atoms with van der Waals surface area (Å²) in [5.41, 5.74) is 2.88. The summed E-state index contributed by atoms with van der Waals surface area (Å²) in [7, 11) is 0. The summed E-state index contributed by atoms with van der Waals surface area (Å²) in [6.07, 6.45) is 5.16. The van der Waals surface area contributed by atoms with Gasteiger partial charge < -0.3 is 9.80 Å². The van der Waals surface area contributed by atoms with E-state index in [4.69, 9.17) is 4.98 Å². The van der Waals surface area contributed by atoms with Crippen molar-refractivity contribution in [3.05, 3.63) is 60.3 Å². The van der Waals surface area contributed by atoms with Gasteiger partial charge in [0.25, 0.3) is 5.91 Å². The molecule has 2 aromatic heterocycles. The van der Waals surface area contributed by atoms with Crippen molar-refractivity contribution in [1.82, 2.24) is 24.7 Å². The smallest absolute Gasteiger partial charge is 0.254 e. The minimum Gasteiger partial charge on any atom is -0.342 e. The number of hydrogen-bond donors (Lipinski definition) is 0. The molecule has 0 N–H and O–H groups in total. The third kappa shape index (κ3) is 4.73. The lowest BCUT2D eigenvalue weighted by molar-refractivity contribution is -0.133.